The summed E-state index contributed by atoms with van der Waals surface area (Å²) >= 11 is 0. The van der Waals surface area contributed by atoms with Gasteiger partial charge in [0.05, 0.1) is 11.3 Å². The summed E-state index contributed by atoms with van der Waals surface area (Å²) in [5, 5.41) is 12.4. The average molecular weight is 363 g/mol. The third-order valence-electron chi connectivity index (χ3n) is 4.12. The molecule has 0 fully saturated rings. The third-order valence-corrected chi connectivity index (χ3v) is 4.12. The number of carboxylic acids is 1. The summed E-state index contributed by atoms with van der Waals surface area (Å²) in [7, 11) is 1.97. The van der Waals surface area contributed by atoms with E-state index in [4.69, 9.17) is 0 Å². The molecule has 0 saturated heterocycles. The van der Waals surface area contributed by atoms with Gasteiger partial charge in [-0.25, -0.2) is 14.8 Å². The van der Waals surface area contributed by atoms with E-state index in [0.717, 1.165) is 18.8 Å². The fraction of sp³-hybridized carbons (Fsp3) is 0.200. The van der Waals surface area contributed by atoms with Crippen molar-refractivity contribution in [2.24, 2.45) is 0 Å². The molecule has 27 heavy (non-hydrogen) atoms. The number of para-hydroxylation sites is 1. The van der Waals surface area contributed by atoms with Crippen LogP contribution >= 0.6 is 0 Å². The van der Waals surface area contributed by atoms with Gasteiger partial charge >= 0.3 is 5.97 Å². The van der Waals surface area contributed by atoms with E-state index in [1.54, 1.807) is 36.7 Å². The second kappa shape index (κ2) is 8.27. The summed E-state index contributed by atoms with van der Waals surface area (Å²) in [5.41, 5.74) is 1.89. The molecule has 0 amide bonds. The van der Waals surface area contributed by atoms with Gasteiger partial charge in [0.2, 0.25) is 0 Å². The largest absolute Gasteiger partial charge is 0.478 e. The van der Waals surface area contributed by atoms with Crippen molar-refractivity contribution < 1.29 is 9.90 Å². The zero-order valence-corrected chi connectivity index (χ0v) is 15.3. The first-order chi connectivity index (χ1) is 13.0. The molecule has 138 valence electrons. The first-order valence-electron chi connectivity index (χ1n) is 8.58. The van der Waals surface area contributed by atoms with Crippen molar-refractivity contribution in [3.63, 3.8) is 0 Å². The summed E-state index contributed by atoms with van der Waals surface area (Å²) in [5.74, 6) is 0.950. The van der Waals surface area contributed by atoms with Gasteiger partial charge in [-0.15, -0.1) is 0 Å². The second-order valence-corrected chi connectivity index (χ2v) is 6.16. The second-order valence-electron chi connectivity index (χ2n) is 6.16. The number of pyridine rings is 1. The lowest BCUT2D eigenvalue weighted by atomic mass is 10.2. The van der Waals surface area contributed by atoms with Crippen LogP contribution in [0.1, 0.15) is 21.7 Å². The Labute approximate surface area is 157 Å². The minimum absolute atomic E-state index is 0.196. The molecule has 2 heterocycles. The molecule has 0 saturated carbocycles. The third kappa shape index (κ3) is 4.78. The molecule has 3 aromatic rings. The Kier molecular flexibility index (Phi) is 5.61. The predicted octanol–water partition coefficient (Wildman–Crippen LogP) is 3.30. The van der Waals surface area contributed by atoms with E-state index in [9.17, 15) is 9.90 Å². The highest BCUT2D eigenvalue weighted by molar-refractivity contribution is 5.95. The molecule has 0 unspecified atom stereocenters. The summed E-state index contributed by atoms with van der Waals surface area (Å²) in [6.07, 6.45) is 4.44. The highest BCUT2D eigenvalue weighted by atomic mass is 16.4. The lowest BCUT2D eigenvalue weighted by Crippen LogP contribution is -2.22. The van der Waals surface area contributed by atoms with E-state index in [1.165, 1.54) is 5.56 Å². The topological polar surface area (TPSA) is 91.2 Å². The van der Waals surface area contributed by atoms with Crippen molar-refractivity contribution in [2.45, 2.75) is 13.3 Å². The minimum Gasteiger partial charge on any atom is -0.478 e. The van der Waals surface area contributed by atoms with Crippen LogP contribution in [0.25, 0.3) is 0 Å². The van der Waals surface area contributed by atoms with E-state index in [2.05, 4.69) is 20.3 Å². The number of likely N-dealkylation sites (N-methyl/N-ethyl adjacent to an activating group) is 1. The summed E-state index contributed by atoms with van der Waals surface area (Å²) in [6, 6.07) is 12.6. The standard InChI is InChI=1S/C20H21N5O2/c1-14-22-18(24-17-6-4-3-5-16(17)20(26)27)13-19(23-14)25(2)12-9-15-7-10-21-11-8-15/h3-8,10-11,13H,9,12H2,1-2H3,(H,26,27)(H,22,23,24). The number of rotatable bonds is 7. The number of hydrogen-bond donors (Lipinski definition) is 2. The predicted molar refractivity (Wildman–Crippen MR) is 105 cm³/mol. The summed E-state index contributed by atoms with van der Waals surface area (Å²) < 4.78 is 0. The fourth-order valence-electron chi connectivity index (χ4n) is 2.69. The zero-order chi connectivity index (χ0) is 19.2. The van der Waals surface area contributed by atoms with Gasteiger partial charge in [-0.3, -0.25) is 4.98 Å². The molecule has 0 bridgehead atoms. The van der Waals surface area contributed by atoms with Crippen LogP contribution < -0.4 is 10.2 Å². The monoisotopic (exact) mass is 363 g/mol. The fourth-order valence-corrected chi connectivity index (χ4v) is 2.69. The maximum atomic E-state index is 11.4. The van der Waals surface area contributed by atoms with E-state index in [-0.39, 0.29) is 5.56 Å². The Morgan fingerprint density at radius 2 is 1.89 bits per heavy atom. The van der Waals surface area contributed by atoms with Crippen LogP contribution in [-0.4, -0.2) is 39.6 Å². The number of nitrogens with zero attached hydrogens (tertiary/aromatic N) is 4. The molecule has 2 N–H and O–H groups in total. The molecule has 7 nitrogen and oxygen atoms in total. The summed E-state index contributed by atoms with van der Waals surface area (Å²) in [4.78, 5) is 26.3. The van der Waals surface area contributed by atoms with Crippen LogP contribution in [0.4, 0.5) is 17.3 Å². The number of anilines is 3. The molecule has 0 radical (unpaired) electrons. The molecule has 1 aromatic carbocycles. The lowest BCUT2D eigenvalue weighted by Gasteiger charge is -2.19. The molecule has 7 heteroatoms. The van der Waals surface area contributed by atoms with Crippen molar-refractivity contribution in [3.05, 3.63) is 71.8 Å². The number of hydrogen-bond acceptors (Lipinski definition) is 6. The van der Waals surface area contributed by atoms with Crippen LogP contribution in [-0.2, 0) is 6.42 Å². The number of aromatic carboxylic acids is 1. The highest BCUT2D eigenvalue weighted by Gasteiger charge is 2.12. The maximum absolute atomic E-state index is 11.4. The number of carbonyl (C=O) groups is 1. The molecule has 0 aliphatic rings. The van der Waals surface area contributed by atoms with Crippen LogP contribution in [0.15, 0.2) is 54.9 Å². The molecule has 0 aliphatic heterocycles. The van der Waals surface area contributed by atoms with E-state index in [0.29, 0.717) is 17.3 Å². The molecular formula is C20H21N5O2. The highest BCUT2D eigenvalue weighted by Crippen LogP contribution is 2.22. The van der Waals surface area contributed by atoms with Crippen LogP contribution in [0.2, 0.25) is 0 Å². The van der Waals surface area contributed by atoms with Gasteiger partial charge in [0.1, 0.15) is 17.5 Å². The number of carboxylic acid groups (broad SMARTS) is 1. The van der Waals surface area contributed by atoms with E-state index >= 15 is 0 Å². The number of benzene rings is 1. The maximum Gasteiger partial charge on any atom is 0.337 e. The number of aryl methyl sites for hydroxylation is 1. The first kappa shape index (κ1) is 18.3. The van der Waals surface area contributed by atoms with Crippen molar-refractivity contribution in [3.8, 4) is 0 Å². The van der Waals surface area contributed by atoms with Crippen molar-refractivity contribution in [2.75, 3.05) is 23.8 Å². The molecule has 0 atom stereocenters. The quantitative estimate of drug-likeness (QED) is 0.665. The Morgan fingerprint density at radius 1 is 1.15 bits per heavy atom. The van der Waals surface area contributed by atoms with Crippen LogP contribution in [0, 0.1) is 6.92 Å². The SMILES string of the molecule is Cc1nc(Nc2ccccc2C(=O)O)cc(N(C)CCc2ccncc2)n1. The zero-order valence-electron chi connectivity index (χ0n) is 15.3. The van der Waals surface area contributed by atoms with Gasteiger partial charge in [-0.1, -0.05) is 12.1 Å². The van der Waals surface area contributed by atoms with Crippen molar-refractivity contribution in [1.29, 1.82) is 0 Å². The van der Waals surface area contributed by atoms with E-state index in [1.807, 2.05) is 37.1 Å². The molecule has 2 aromatic heterocycles. The number of aromatic nitrogens is 3. The van der Waals surface area contributed by atoms with Gasteiger partial charge in [-0.05, 0) is 43.2 Å². The normalized spacial score (nSPS) is 10.4. The van der Waals surface area contributed by atoms with E-state index < -0.39 is 5.97 Å². The number of nitrogens with one attached hydrogen (secondary N) is 1. The minimum atomic E-state index is -0.987. The average Bonchev–Trinajstić information content (AvgIpc) is 2.66. The molecule has 0 spiro atoms. The van der Waals surface area contributed by atoms with Gasteiger partial charge in [0, 0.05) is 32.1 Å². The van der Waals surface area contributed by atoms with Crippen molar-refractivity contribution >= 4 is 23.3 Å². The Hall–Kier alpha value is -3.48. The summed E-state index contributed by atoms with van der Waals surface area (Å²) in [6.45, 7) is 2.60. The van der Waals surface area contributed by atoms with Crippen molar-refractivity contribution in [1.82, 2.24) is 15.0 Å². The van der Waals surface area contributed by atoms with Gasteiger partial charge in [0.15, 0.2) is 0 Å². The molecular weight excluding hydrogens is 342 g/mol. The smallest absolute Gasteiger partial charge is 0.337 e. The van der Waals surface area contributed by atoms with Crippen LogP contribution in [0.3, 0.4) is 0 Å². The van der Waals surface area contributed by atoms with Gasteiger partial charge < -0.3 is 15.3 Å². The lowest BCUT2D eigenvalue weighted by molar-refractivity contribution is 0.0698. The first-order valence-corrected chi connectivity index (χ1v) is 8.58. The Bertz CT molecular complexity index is 931. The van der Waals surface area contributed by atoms with Crippen LogP contribution in [0.5, 0.6) is 0 Å². The van der Waals surface area contributed by atoms with Gasteiger partial charge in [-0.2, -0.15) is 0 Å². The Morgan fingerprint density at radius 3 is 2.63 bits per heavy atom. The Balaban J connectivity index is 1.77. The molecule has 0 aliphatic carbocycles. The van der Waals surface area contributed by atoms with Gasteiger partial charge in [0.25, 0.3) is 0 Å². The molecule has 3 rings (SSSR count).